The zero-order valence-electron chi connectivity index (χ0n) is 5.14. The lowest BCUT2D eigenvalue weighted by atomic mass is 9.93. The molecular formula is C2H6BF3NO2S-. The van der Waals surface area contributed by atoms with Crippen molar-refractivity contribution in [2.45, 2.75) is 0 Å². The summed E-state index contributed by atoms with van der Waals surface area (Å²) in [6.45, 7) is -5.06. The van der Waals surface area contributed by atoms with E-state index in [2.05, 4.69) is 0 Å². The van der Waals surface area contributed by atoms with E-state index in [1.54, 1.807) is 0 Å². The molecule has 0 aromatic rings. The van der Waals surface area contributed by atoms with Crippen LogP contribution in [0.2, 0.25) is 0 Å². The lowest BCUT2D eigenvalue weighted by Crippen LogP contribution is -2.36. The molecule has 0 heterocycles. The van der Waals surface area contributed by atoms with Gasteiger partial charge in [-0.2, -0.15) is 0 Å². The molecule has 8 heteroatoms. The van der Waals surface area contributed by atoms with Crippen LogP contribution in [0.15, 0.2) is 0 Å². The summed E-state index contributed by atoms with van der Waals surface area (Å²) in [4.78, 5) is 0. The Kier molecular flexibility index (Phi) is 2.72. The molecule has 0 amide bonds. The molecule has 10 heavy (non-hydrogen) atoms. The molecule has 0 saturated carbocycles. The van der Waals surface area contributed by atoms with Crippen LogP contribution in [0.25, 0.3) is 0 Å². The highest BCUT2D eigenvalue weighted by Gasteiger charge is 2.23. The van der Waals surface area contributed by atoms with Crippen molar-refractivity contribution in [3.8, 4) is 0 Å². The largest absolute Gasteiger partial charge is 0.492 e. The molecule has 0 aliphatic carbocycles. The molecule has 0 spiro atoms. The summed E-state index contributed by atoms with van der Waals surface area (Å²) in [7, 11) is -3.71. The number of sulfonamides is 1. The predicted molar refractivity (Wildman–Crippen MR) is 31.9 cm³/mol. The predicted octanol–water partition coefficient (Wildman–Crippen LogP) is -0.0778. The van der Waals surface area contributed by atoms with E-state index in [0.717, 1.165) is 0 Å². The molecule has 1 N–H and O–H groups in total. The van der Waals surface area contributed by atoms with E-state index in [-0.39, 0.29) is 0 Å². The molecule has 0 fully saturated rings. The average molecular weight is 176 g/mol. The highest BCUT2D eigenvalue weighted by molar-refractivity contribution is 7.88. The monoisotopic (exact) mass is 176 g/mol. The highest BCUT2D eigenvalue weighted by Crippen LogP contribution is 2.05. The third-order valence-corrected chi connectivity index (χ3v) is 1.27. The van der Waals surface area contributed by atoms with E-state index in [0.29, 0.717) is 6.26 Å². The molecule has 0 unspecified atom stereocenters. The molecule has 0 aromatic carbocycles. The van der Waals surface area contributed by atoms with Gasteiger partial charge in [0.25, 0.3) is 0 Å². The van der Waals surface area contributed by atoms with Crippen LogP contribution in [-0.4, -0.2) is 28.1 Å². The van der Waals surface area contributed by atoms with Crippen LogP contribution in [-0.2, 0) is 10.0 Å². The minimum absolute atomic E-state index is 0.675. The third kappa shape index (κ3) is 7.76. The van der Waals surface area contributed by atoms with Crippen molar-refractivity contribution in [2.75, 3.05) is 12.7 Å². The molecule has 62 valence electrons. The summed E-state index contributed by atoms with van der Waals surface area (Å²) < 4.78 is 55.5. The average Bonchev–Trinajstić information content (AvgIpc) is 1.57. The van der Waals surface area contributed by atoms with E-state index in [4.69, 9.17) is 0 Å². The quantitative estimate of drug-likeness (QED) is 0.611. The first kappa shape index (κ1) is 9.76. The Bertz CT molecular complexity index is 197. The Morgan fingerprint density at radius 1 is 1.40 bits per heavy atom. The van der Waals surface area contributed by atoms with Crippen LogP contribution < -0.4 is 4.72 Å². The van der Waals surface area contributed by atoms with Gasteiger partial charge in [-0.25, -0.2) is 13.1 Å². The van der Waals surface area contributed by atoms with E-state index < -0.39 is 23.4 Å². The molecule has 0 rings (SSSR count). The van der Waals surface area contributed by atoms with Crippen molar-refractivity contribution >= 4 is 17.0 Å². The van der Waals surface area contributed by atoms with E-state index >= 15 is 0 Å². The SMILES string of the molecule is CS(=O)(=O)NC[B-](F)(F)F. The van der Waals surface area contributed by atoms with Crippen molar-refractivity contribution in [3.05, 3.63) is 0 Å². The van der Waals surface area contributed by atoms with Crippen LogP contribution in [0.1, 0.15) is 0 Å². The Morgan fingerprint density at radius 3 is 1.90 bits per heavy atom. The molecule has 0 saturated heterocycles. The molecule has 0 aromatic heterocycles. The summed E-state index contributed by atoms with van der Waals surface area (Å²) in [5.74, 6) is 0. The molecule has 0 atom stereocenters. The zero-order valence-corrected chi connectivity index (χ0v) is 5.96. The van der Waals surface area contributed by atoms with Crippen molar-refractivity contribution < 1.29 is 21.4 Å². The molecular weight excluding hydrogens is 170 g/mol. The van der Waals surface area contributed by atoms with Gasteiger partial charge in [-0.05, 0) is 6.44 Å². The van der Waals surface area contributed by atoms with Crippen LogP contribution in [0.3, 0.4) is 0 Å². The van der Waals surface area contributed by atoms with Gasteiger partial charge in [0.15, 0.2) is 0 Å². The Labute approximate surface area is 56.7 Å². The van der Waals surface area contributed by atoms with Gasteiger partial charge in [0.2, 0.25) is 10.0 Å². The maximum absolute atomic E-state index is 11.3. The second-order valence-corrected chi connectivity index (χ2v) is 3.66. The first-order chi connectivity index (χ1) is 4.21. The Balaban J connectivity index is 3.79. The fourth-order valence-corrected chi connectivity index (χ4v) is 0.738. The minimum Gasteiger partial charge on any atom is -0.448 e. The van der Waals surface area contributed by atoms with Gasteiger partial charge in [-0.15, -0.1) is 0 Å². The smallest absolute Gasteiger partial charge is 0.448 e. The molecule has 3 nitrogen and oxygen atoms in total. The van der Waals surface area contributed by atoms with Gasteiger partial charge in [-0.3, -0.25) is 0 Å². The molecule has 0 aliphatic heterocycles. The highest BCUT2D eigenvalue weighted by atomic mass is 32.2. The molecule has 0 aliphatic rings. The molecule has 0 radical (unpaired) electrons. The number of halogens is 3. The number of hydrogen-bond acceptors (Lipinski definition) is 2. The Hall–Kier alpha value is -0.235. The maximum atomic E-state index is 11.3. The zero-order chi connectivity index (χ0) is 8.41. The van der Waals surface area contributed by atoms with E-state index in [1.165, 1.54) is 4.72 Å². The first-order valence-corrected chi connectivity index (χ1v) is 4.25. The fourth-order valence-electron chi connectivity index (χ4n) is 0.246. The van der Waals surface area contributed by atoms with E-state index in [1.807, 2.05) is 0 Å². The first-order valence-electron chi connectivity index (χ1n) is 2.36. The second-order valence-electron chi connectivity index (χ2n) is 1.83. The van der Waals surface area contributed by atoms with Gasteiger partial charge in [-0.1, -0.05) is 0 Å². The summed E-state index contributed by atoms with van der Waals surface area (Å²) in [5, 5.41) is 0. The molecule has 0 bridgehead atoms. The lowest BCUT2D eigenvalue weighted by molar-refractivity contribution is 0.465. The number of hydrogen-bond donors (Lipinski definition) is 1. The van der Waals surface area contributed by atoms with Crippen molar-refractivity contribution in [1.29, 1.82) is 0 Å². The van der Waals surface area contributed by atoms with Crippen molar-refractivity contribution in [2.24, 2.45) is 0 Å². The maximum Gasteiger partial charge on any atom is 0.492 e. The number of rotatable bonds is 3. The fraction of sp³-hybridized carbons (Fsp3) is 1.00. The minimum atomic E-state index is -5.06. The Morgan fingerprint density at radius 2 is 1.80 bits per heavy atom. The number of nitrogens with one attached hydrogen (secondary N) is 1. The van der Waals surface area contributed by atoms with Gasteiger partial charge in [0.1, 0.15) is 0 Å². The van der Waals surface area contributed by atoms with Gasteiger partial charge in [0.05, 0.1) is 6.26 Å². The summed E-state index contributed by atoms with van der Waals surface area (Å²) in [6, 6.07) is 0. The van der Waals surface area contributed by atoms with Crippen LogP contribution >= 0.6 is 0 Å². The topological polar surface area (TPSA) is 46.2 Å². The van der Waals surface area contributed by atoms with Gasteiger partial charge in [0, 0.05) is 0 Å². The summed E-state index contributed by atoms with van der Waals surface area (Å²) in [6.07, 6.45) is -0.770. The van der Waals surface area contributed by atoms with Crippen molar-refractivity contribution in [3.63, 3.8) is 0 Å². The summed E-state index contributed by atoms with van der Waals surface area (Å²) in [5.41, 5.74) is 0. The van der Waals surface area contributed by atoms with Gasteiger partial charge < -0.3 is 12.9 Å². The second kappa shape index (κ2) is 2.79. The summed E-state index contributed by atoms with van der Waals surface area (Å²) >= 11 is 0. The van der Waals surface area contributed by atoms with Crippen LogP contribution in [0, 0.1) is 0 Å². The normalized spacial score (nSPS) is 13.6. The van der Waals surface area contributed by atoms with Crippen molar-refractivity contribution in [1.82, 2.24) is 4.72 Å². The third-order valence-electron chi connectivity index (χ3n) is 0.577. The standard InChI is InChI=1S/C2H6BF3NO2S/c1-10(8,9)7-2-3(4,5)6/h7H,2H2,1H3/q-1. The van der Waals surface area contributed by atoms with E-state index in [9.17, 15) is 21.4 Å². The van der Waals surface area contributed by atoms with Crippen LogP contribution in [0.5, 0.6) is 0 Å². The van der Waals surface area contributed by atoms with Crippen LogP contribution in [0.4, 0.5) is 12.9 Å². The van der Waals surface area contributed by atoms with Gasteiger partial charge >= 0.3 is 6.98 Å². The lowest BCUT2D eigenvalue weighted by Gasteiger charge is -2.12.